The van der Waals surface area contributed by atoms with Crippen LogP contribution in [-0.2, 0) is 17.8 Å². The zero-order chi connectivity index (χ0) is 20.4. The Morgan fingerprint density at radius 1 is 1.17 bits per heavy atom. The molecule has 1 N–H and O–H groups in total. The highest BCUT2D eigenvalue weighted by atomic mass is 35.5. The Kier molecular flexibility index (Phi) is 5.36. The minimum Gasteiger partial charge on any atom is -0.348 e. The maximum absolute atomic E-state index is 12.6. The van der Waals surface area contributed by atoms with Gasteiger partial charge in [-0.15, -0.1) is 0 Å². The van der Waals surface area contributed by atoms with Crippen LogP contribution in [0.25, 0.3) is 5.69 Å². The van der Waals surface area contributed by atoms with E-state index in [-0.39, 0.29) is 11.8 Å². The number of halogens is 1. The molecule has 4 rings (SSSR count). The Labute approximate surface area is 174 Å². The second-order valence-corrected chi connectivity index (χ2v) is 7.51. The van der Waals surface area contributed by atoms with Crippen LogP contribution >= 0.6 is 11.6 Å². The molecule has 0 fully saturated rings. The second kappa shape index (κ2) is 8.09. The number of aromatic nitrogens is 2. The Bertz CT molecular complexity index is 1060. The maximum atomic E-state index is 12.6. The summed E-state index contributed by atoms with van der Waals surface area (Å²) in [5.41, 5.74) is 4.34. The van der Waals surface area contributed by atoms with Crippen molar-refractivity contribution in [1.29, 1.82) is 0 Å². The van der Waals surface area contributed by atoms with E-state index in [0.29, 0.717) is 17.1 Å². The molecule has 3 aromatic rings. The number of aryl methyl sites for hydroxylation is 1. The van der Waals surface area contributed by atoms with Crippen LogP contribution in [0.1, 0.15) is 34.8 Å². The van der Waals surface area contributed by atoms with Gasteiger partial charge in [-0.2, -0.15) is 5.10 Å². The third kappa shape index (κ3) is 4.17. The van der Waals surface area contributed by atoms with Gasteiger partial charge >= 0.3 is 0 Å². The summed E-state index contributed by atoms with van der Waals surface area (Å²) < 4.78 is 1.74. The molecule has 2 aromatic carbocycles. The number of hydrogen-bond donors (Lipinski definition) is 1. The molecule has 0 saturated heterocycles. The molecule has 0 aliphatic carbocycles. The van der Waals surface area contributed by atoms with Gasteiger partial charge in [0.05, 0.1) is 11.9 Å². The molecule has 2 heterocycles. The van der Waals surface area contributed by atoms with Crippen LogP contribution in [0.4, 0.5) is 5.69 Å². The summed E-state index contributed by atoms with van der Waals surface area (Å²) in [7, 11) is 0. The number of carbonyl (C=O) groups excluding carboxylic acids is 2. The predicted octanol–water partition coefficient (Wildman–Crippen LogP) is 3.75. The van der Waals surface area contributed by atoms with E-state index in [1.165, 1.54) is 0 Å². The Balaban J connectivity index is 1.43. The van der Waals surface area contributed by atoms with E-state index >= 15 is 0 Å². The summed E-state index contributed by atoms with van der Waals surface area (Å²) in [5, 5.41) is 7.94. The smallest absolute Gasteiger partial charge is 0.251 e. The van der Waals surface area contributed by atoms with Gasteiger partial charge in [-0.25, -0.2) is 4.68 Å². The molecular weight excluding hydrogens is 388 g/mol. The van der Waals surface area contributed by atoms with Crippen molar-refractivity contribution in [3.05, 3.63) is 76.6 Å². The first-order chi connectivity index (χ1) is 14.0. The van der Waals surface area contributed by atoms with E-state index in [2.05, 4.69) is 10.4 Å². The third-order valence-corrected chi connectivity index (χ3v) is 5.27. The van der Waals surface area contributed by atoms with Gasteiger partial charge in [0.25, 0.3) is 5.91 Å². The van der Waals surface area contributed by atoms with Crippen molar-refractivity contribution in [2.75, 3.05) is 11.4 Å². The monoisotopic (exact) mass is 408 g/mol. The third-order valence-electron chi connectivity index (χ3n) is 5.02. The van der Waals surface area contributed by atoms with Crippen LogP contribution in [0.5, 0.6) is 0 Å². The average Bonchev–Trinajstić information content (AvgIpc) is 3.20. The number of hydrogen-bond acceptors (Lipinski definition) is 3. The largest absolute Gasteiger partial charge is 0.348 e. The fourth-order valence-electron chi connectivity index (χ4n) is 3.54. The molecule has 0 saturated carbocycles. The zero-order valence-corrected chi connectivity index (χ0v) is 16.8. The fraction of sp³-hybridized carbons (Fsp3) is 0.227. The van der Waals surface area contributed by atoms with Crippen LogP contribution in [0.2, 0.25) is 5.02 Å². The maximum Gasteiger partial charge on any atom is 0.251 e. The van der Waals surface area contributed by atoms with Gasteiger partial charge < -0.3 is 10.2 Å². The topological polar surface area (TPSA) is 67.2 Å². The van der Waals surface area contributed by atoms with Gasteiger partial charge in [0.15, 0.2) is 0 Å². The molecule has 6 nitrogen and oxygen atoms in total. The van der Waals surface area contributed by atoms with Crippen LogP contribution in [0.3, 0.4) is 0 Å². The number of carbonyl (C=O) groups is 2. The standard InChI is InChI=1S/C22H21ClN4O2/c1-15(28)26-10-2-3-17-11-18(4-9-21(17)26)22(29)24-12-16-13-25-27(14-16)20-7-5-19(23)6-8-20/h4-9,11,13-14H,2-3,10,12H2,1H3,(H,24,29). The summed E-state index contributed by atoms with van der Waals surface area (Å²) in [6, 6.07) is 12.9. The Morgan fingerprint density at radius 3 is 2.72 bits per heavy atom. The average molecular weight is 409 g/mol. The van der Waals surface area contributed by atoms with Crippen molar-refractivity contribution in [3.8, 4) is 5.69 Å². The van der Waals surface area contributed by atoms with Crippen LogP contribution in [0.15, 0.2) is 54.9 Å². The van der Waals surface area contributed by atoms with Gasteiger partial charge in [0.2, 0.25) is 5.91 Å². The van der Waals surface area contributed by atoms with Gasteiger partial charge in [0, 0.05) is 48.0 Å². The molecule has 0 bridgehead atoms. The highest BCUT2D eigenvalue weighted by Crippen LogP contribution is 2.28. The number of benzene rings is 2. The Morgan fingerprint density at radius 2 is 1.97 bits per heavy atom. The SMILES string of the molecule is CC(=O)N1CCCc2cc(C(=O)NCc3cnn(-c4ccc(Cl)cc4)c3)ccc21. The molecule has 7 heteroatoms. The summed E-state index contributed by atoms with van der Waals surface area (Å²) >= 11 is 5.92. The number of anilines is 1. The molecule has 0 radical (unpaired) electrons. The minimum atomic E-state index is -0.146. The highest BCUT2D eigenvalue weighted by Gasteiger charge is 2.21. The van der Waals surface area contributed by atoms with E-state index in [9.17, 15) is 9.59 Å². The van der Waals surface area contributed by atoms with Crippen molar-refractivity contribution in [2.24, 2.45) is 0 Å². The van der Waals surface area contributed by atoms with Crippen LogP contribution < -0.4 is 10.2 Å². The van der Waals surface area contributed by atoms with E-state index in [4.69, 9.17) is 11.6 Å². The van der Waals surface area contributed by atoms with Crippen molar-refractivity contribution < 1.29 is 9.59 Å². The molecule has 0 unspecified atom stereocenters. The molecular formula is C22H21ClN4O2. The van der Waals surface area contributed by atoms with Crippen molar-refractivity contribution >= 4 is 29.1 Å². The number of fused-ring (bicyclic) bond motifs is 1. The van der Waals surface area contributed by atoms with E-state index in [0.717, 1.165) is 41.9 Å². The molecule has 29 heavy (non-hydrogen) atoms. The lowest BCUT2D eigenvalue weighted by Gasteiger charge is -2.28. The lowest BCUT2D eigenvalue weighted by molar-refractivity contribution is -0.116. The molecule has 0 atom stereocenters. The summed E-state index contributed by atoms with van der Waals surface area (Å²) in [5.74, 6) is -0.118. The van der Waals surface area contributed by atoms with E-state index in [1.807, 2.05) is 42.6 Å². The quantitative estimate of drug-likeness (QED) is 0.714. The van der Waals surface area contributed by atoms with Crippen molar-refractivity contribution in [2.45, 2.75) is 26.3 Å². The Hall–Kier alpha value is -3.12. The second-order valence-electron chi connectivity index (χ2n) is 7.07. The van der Waals surface area contributed by atoms with Gasteiger partial charge in [-0.3, -0.25) is 9.59 Å². The summed E-state index contributed by atoms with van der Waals surface area (Å²) in [6.07, 6.45) is 5.38. The van der Waals surface area contributed by atoms with E-state index < -0.39 is 0 Å². The number of amides is 2. The normalized spacial score (nSPS) is 13.1. The first-order valence-electron chi connectivity index (χ1n) is 9.50. The van der Waals surface area contributed by atoms with Crippen molar-refractivity contribution in [1.82, 2.24) is 15.1 Å². The highest BCUT2D eigenvalue weighted by molar-refractivity contribution is 6.30. The lowest BCUT2D eigenvalue weighted by atomic mass is 9.99. The molecule has 148 valence electrons. The molecule has 1 aliphatic heterocycles. The molecule has 2 amide bonds. The van der Waals surface area contributed by atoms with Gasteiger partial charge in [-0.1, -0.05) is 11.6 Å². The van der Waals surface area contributed by atoms with Gasteiger partial charge in [0.1, 0.15) is 0 Å². The first kappa shape index (κ1) is 19.2. The fourth-order valence-corrected chi connectivity index (χ4v) is 3.66. The van der Waals surface area contributed by atoms with Crippen LogP contribution in [0, 0.1) is 0 Å². The molecule has 1 aromatic heterocycles. The lowest BCUT2D eigenvalue weighted by Crippen LogP contribution is -2.33. The number of rotatable bonds is 4. The minimum absolute atomic E-state index is 0.0286. The van der Waals surface area contributed by atoms with Crippen molar-refractivity contribution in [3.63, 3.8) is 0 Å². The van der Waals surface area contributed by atoms with Gasteiger partial charge in [-0.05, 0) is 60.9 Å². The first-order valence-corrected chi connectivity index (χ1v) is 9.88. The summed E-state index contributed by atoms with van der Waals surface area (Å²) in [6.45, 7) is 2.68. The molecule has 0 spiro atoms. The van der Waals surface area contributed by atoms with E-state index in [1.54, 1.807) is 28.8 Å². The molecule has 1 aliphatic rings. The zero-order valence-electron chi connectivity index (χ0n) is 16.1. The predicted molar refractivity (Wildman–Crippen MR) is 113 cm³/mol. The number of nitrogens with one attached hydrogen (secondary N) is 1. The number of nitrogens with zero attached hydrogens (tertiary/aromatic N) is 3. The summed E-state index contributed by atoms with van der Waals surface area (Å²) in [4.78, 5) is 26.2. The van der Waals surface area contributed by atoms with Crippen LogP contribution in [-0.4, -0.2) is 28.1 Å².